The summed E-state index contributed by atoms with van der Waals surface area (Å²) in [6, 6.07) is 3.89. The van der Waals surface area contributed by atoms with E-state index in [0.29, 0.717) is 13.1 Å². The first-order valence-electron chi connectivity index (χ1n) is 5.45. The molecule has 1 unspecified atom stereocenters. The third kappa shape index (κ3) is 2.28. The lowest BCUT2D eigenvalue weighted by molar-refractivity contribution is -0.0469. The van der Waals surface area contributed by atoms with Crippen LogP contribution in [0.1, 0.15) is 10.8 Å². The lowest BCUT2D eigenvalue weighted by atomic mass is 9.82. The Kier molecular flexibility index (Phi) is 3.94. The first-order valence-corrected chi connectivity index (χ1v) is 6.33. The van der Waals surface area contributed by atoms with Gasteiger partial charge in [0.25, 0.3) is 0 Å². The van der Waals surface area contributed by atoms with E-state index in [2.05, 4.69) is 5.32 Å². The van der Waals surface area contributed by atoms with Gasteiger partial charge in [-0.1, -0.05) is 6.07 Å². The summed E-state index contributed by atoms with van der Waals surface area (Å²) in [5.41, 5.74) is 0. The molecule has 1 fully saturated rings. The van der Waals surface area contributed by atoms with Crippen molar-refractivity contribution in [1.29, 1.82) is 0 Å². The van der Waals surface area contributed by atoms with Crippen LogP contribution in [0.3, 0.4) is 0 Å². The monoisotopic (exact) mass is 243 g/mol. The van der Waals surface area contributed by atoms with E-state index in [1.165, 1.54) is 0 Å². The molecule has 16 heavy (non-hydrogen) atoms. The minimum absolute atomic E-state index is 0.00333. The Morgan fingerprint density at radius 1 is 1.44 bits per heavy atom. The SMILES string of the molecule is OCC(c1cccs1)[C@@H]1CNC[C@@H](O)[C@@H]1O. The molecule has 2 heterocycles. The molecule has 0 spiro atoms. The Balaban J connectivity index is 2.14. The minimum Gasteiger partial charge on any atom is -0.396 e. The number of hydrogen-bond donors (Lipinski definition) is 4. The fraction of sp³-hybridized carbons (Fsp3) is 0.636. The summed E-state index contributed by atoms with van der Waals surface area (Å²) in [7, 11) is 0. The minimum atomic E-state index is -0.763. The molecule has 0 bridgehead atoms. The van der Waals surface area contributed by atoms with Crippen molar-refractivity contribution < 1.29 is 15.3 Å². The molecule has 2 rings (SSSR count). The third-order valence-corrected chi connectivity index (χ3v) is 4.19. The molecule has 1 aromatic heterocycles. The fourth-order valence-electron chi connectivity index (χ4n) is 2.24. The zero-order chi connectivity index (χ0) is 11.5. The Labute approximate surface area is 98.6 Å². The molecule has 4 atom stereocenters. The molecule has 0 saturated carbocycles. The molecule has 0 aromatic carbocycles. The van der Waals surface area contributed by atoms with Gasteiger partial charge < -0.3 is 20.6 Å². The third-order valence-electron chi connectivity index (χ3n) is 3.19. The summed E-state index contributed by atoms with van der Waals surface area (Å²) in [5.74, 6) is -0.232. The lowest BCUT2D eigenvalue weighted by Gasteiger charge is -2.36. The van der Waals surface area contributed by atoms with Crippen LogP contribution in [-0.2, 0) is 0 Å². The van der Waals surface area contributed by atoms with Crippen molar-refractivity contribution in [3.05, 3.63) is 22.4 Å². The highest BCUT2D eigenvalue weighted by Crippen LogP contribution is 2.32. The first kappa shape index (κ1) is 12.0. The van der Waals surface area contributed by atoms with Crippen molar-refractivity contribution in [2.24, 2.45) is 5.92 Å². The van der Waals surface area contributed by atoms with Gasteiger partial charge in [-0.15, -0.1) is 11.3 Å². The van der Waals surface area contributed by atoms with E-state index in [9.17, 15) is 15.3 Å². The molecule has 1 aliphatic rings. The summed E-state index contributed by atoms with van der Waals surface area (Å²) < 4.78 is 0. The van der Waals surface area contributed by atoms with E-state index in [-0.39, 0.29) is 18.4 Å². The van der Waals surface area contributed by atoms with Crippen molar-refractivity contribution in [2.45, 2.75) is 18.1 Å². The highest BCUT2D eigenvalue weighted by Gasteiger charge is 2.36. The van der Waals surface area contributed by atoms with Gasteiger partial charge in [-0.2, -0.15) is 0 Å². The van der Waals surface area contributed by atoms with Crippen LogP contribution < -0.4 is 5.32 Å². The molecule has 4 nitrogen and oxygen atoms in total. The van der Waals surface area contributed by atoms with Crippen LogP contribution in [0, 0.1) is 5.92 Å². The fourth-order valence-corrected chi connectivity index (χ4v) is 3.14. The summed E-state index contributed by atoms with van der Waals surface area (Å²) in [6.07, 6.45) is -1.51. The molecule has 0 aliphatic carbocycles. The molecule has 0 radical (unpaired) electrons. The summed E-state index contributed by atoms with van der Waals surface area (Å²) in [5, 5.41) is 34.0. The number of β-amino-alcohol motifs (C(OH)–C–C–N with tert-alkyl or cyclic N) is 1. The van der Waals surface area contributed by atoms with Crippen molar-refractivity contribution in [2.75, 3.05) is 19.7 Å². The summed E-state index contributed by atoms with van der Waals surface area (Å²) in [6.45, 7) is 1.04. The van der Waals surface area contributed by atoms with E-state index < -0.39 is 12.2 Å². The average Bonchev–Trinajstić information content (AvgIpc) is 2.79. The molecule has 90 valence electrons. The van der Waals surface area contributed by atoms with Gasteiger partial charge in [0, 0.05) is 29.8 Å². The maximum Gasteiger partial charge on any atom is 0.0926 e. The summed E-state index contributed by atoms with van der Waals surface area (Å²) >= 11 is 1.57. The number of hydrogen-bond acceptors (Lipinski definition) is 5. The van der Waals surface area contributed by atoms with E-state index in [1.54, 1.807) is 11.3 Å². The first-order chi connectivity index (χ1) is 7.74. The standard InChI is InChI=1S/C11H17NO3S/c13-6-8(10-2-1-3-16-10)7-4-12-5-9(14)11(7)15/h1-3,7-9,11-15H,4-6H2/t7-,8?,9+,11+/m0/s1. The number of nitrogens with one attached hydrogen (secondary N) is 1. The Morgan fingerprint density at radius 2 is 2.25 bits per heavy atom. The van der Waals surface area contributed by atoms with Crippen LogP contribution in [0.15, 0.2) is 17.5 Å². The second-order valence-corrected chi connectivity index (χ2v) is 5.16. The predicted molar refractivity (Wildman–Crippen MR) is 62.5 cm³/mol. The van der Waals surface area contributed by atoms with E-state index in [0.717, 1.165) is 4.88 Å². The molecule has 1 aliphatic heterocycles. The van der Waals surface area contributed by atoms with Crippen molar-refractivity contribution in [3.63, 3.8) is 0 Å². The van der Waals surface area contributed by atoms with Crippen LogP contribution in [-0.4, -0.2) is 47.2 Å². The average molecular weight is 243 g/mol. The zero-order valence-electron chi connectivity index (χ0n) is 8.91. The second-order valence-electron chi connectivity index (χ2n) is 4.18. The maximum atomic E-state index is 9.94. The number of rotatable bonds is 3. The zero-order valence-corrected chi connectivity index (χ0v) is 9.73. The van der Waals surface area contributed by atoms with Gasteiger partial charge in [-0.25, -0.2) is 0 Å². The van der Waals surface area contributed by atoms with Gasteiger partial charge in [0.15, 0.2) is 0 Å². The van der Waals surface area contributed by atoms with Crippen LogP contribution in [0.2, 0.25) is 0 Å². The number of aliphatic hydroxyl groups is 3. The Bertz CT molecular complexity index is 317. The normalized spacial score (nSPS) is 32.6. The van der Waals surface area contributed by atoms with Crippen LogP contribution in [0.4, 0.5) is 0 Å². The van der Waals surface area contributed by atoms with Gasteiger partial charge in [0.2, 0.25) is 0 Å². The molecule has 0 amide bonds. The van der Waals surface area contributed by atoms with Crippen molar-refractivity contribution in [3.8, 4) is 0 Å². The highest BCUT2D eigenvalue weighted by molar-refractivity contribution is 7.10. The molecule has 1 saturated heterocycles. The molecule has 5 heteroatoms. The highest BCUT2D eigenvalue weighted by atomic mass is 32.1. The predicted octanol–water partition coefficient (Wildman–Crippen LogP) is -0.235. The molecular formula is C11H17NO3S. The van der Waals surface area contributed by atoms with E-state index in [1.807, 2.05) is 17.5 Å². The number of piperidine rings is 1. The van der Waals surface area contributed by atoms with Crippen molar-refractivity contribution >= 4 is 11.3 Å². The molecule has 4 N–H and O–H groups in total. The molecule has 1 aromatic rings. The number of aliphatic hydroxyl groups excluding tert-OH is 3. The Morgan fingerprint density at radius 3 is 2.88 bits per heavy atom. The quantitative estimate of drug-likeness (QED) is 0.591. The van der Waals surface area contributed by atoms with Gasteiger partial charge in [-0.3, -0.25) is 0 Å². The topological polar surface area (TPSA) is 72.7 Å². The van der Waals surface area contributed by atoms with Gasteiger partial charge in [0.05, 0.1) is 18.8 Å². The Hall–Kier alpha value is -0.460. The van der Waals surface area contributed by atoms with Crippen LogP contribution >= 0.6 is 11.3 Å². The van der Waals surface area contributed by atoms with Gasteiger partial charge >= 0.3 is 0 Å². The number of thiophene rings is 1. The van der Waals surface area contributed by atoms with Crippen LogP contribution in [0.25, 0.3) is 0 Å². The van der Waals surface area contributed by atoms with E-state index in [4.69, 9.17) is 0 Å². The second kappa shape index (κ2) is 5.25. The maximum absolute atomic E-state index is 9.94. The van der Waals surface area contributed by atoms with Gasteiger partial charge in [0.1, 0.15) is 0 Å². The van der Waals surface area contributed by atoms with Crippen molar-refractivity contribution in [1.82, 2.24) is 5.32 Å². The molecular weight excluding hydrogens is 226 g/mol. The van der Waals surface area contributed by atoms with Gasteiger partial charge in [-0.05, 0) is 11.4 Å². The van der Waals surface area contributed by atoms with E-state index >= 15 is 0 Å². The lowest BCUT2D eigenvalue weighted by Crippen LogP contribution is -2.52. The van der Waals surface area contributed by atoms with Crippen LogP contribution in [0.5, 0.6) is 0 Å². The summed E-state index contributed by atoms with van der Waals surface area (Å²) in [4.78, 5) is 1.06. The smallest absolute Gasteiger partial charge is 0.0926 e. The largest absolute Gasteiger partial charge is 0.396 e.